The quantitative estimate of drug-likeness (QED) is 0.884. The molecule has 0 aliphatic carbocycles. The number of benzene rings is 1. The minimum atomic E-state index is 0.465. The normalized spacial score (nSPS) is 36.7. The van der Waals surface area contributed by atoms with E-state index in [0.29, 0.717) is 24.2 Å². The van der Waals surface area contributed by atoms with Crippen molar-refractivity contribution in [2.45, 2.75) is 43.4 Å². The fourth-order valence-corrected chi connectivity index (χ4v) is 3.54. The molecular weight excluding hydrogens is 226 g/mol. The Morgan fingerprint density at radius 2 is 2.17 bits per heavy atom. The minimum absolute atomic E-state index is 0.465. The van der Waals surface area contributed by atoms with Gasteiger partial charge in [-0.25, -0.2) is 0 Å². The van der Waals surface area contributed by atoms with Gasteiger partial charge in [-0.3, -0.25) is 0 Å². The molecule has 0 spiro atoms. The van der Waals surface area contributed by atoms with Gasteiger partial charge in [0.2, 0.25) is 0 Å². The summed E-state index contributed by atoms with van der Waals surface area (Å²) in [4.78, 5) is 0. The summed E-state index contributed by atoms with van der Waals surface area (Å²) in [5, 5.41) is 3.69. The van der Waals surface area contributed by atoms with E-state index >= 15 is 0 Å². The van der Waals surface area contributed by atoms with Crippen molar-refractivity contribution in [3.8, 4) is 5.75 Å². The van der Waals surface area contributed by atoms with Gasteiger partial charge in [0.05, 0.1) is 18.8 Å². The average Bonchev–Trinajstić information content (AvgIpc) is 3.11. The monoisotopic (exact) mass is 245 g/mol. The lowest BCUT2D eigenvalue weighted by Crippen LogP contribution is -2.39. The Labute approximate surface area is 107 Å². The van der Waals surface area contributed by atoms with Crippen LogP contribution in [-0.4, -0.2) is 31.4 Å². The highest BCUT2D eigenvalue weighted by atomic mass is 16.5. The smallest absolute Gasteiger partial charge is 0.122 e. The summed E-state index contributed by atoms with van der Waals surface area (Å²) in [6, 6.07) is 8.96. The molecular formula is C15H19NO2. The van der Waals surface area contributed by atoms with Gasteiger partial charge in [-0.1, -0.05) is 18.2 Å². The molecule has 3 heterocycles. The molecule has 3 nitrogen and oxygen atoms in total. The summed E-state index contributed by atoms with van der Waals surface area (Å²) in [6.45, 7) is 1.82. The van der Waals surface area contributed by atoms with Crippen LogP contribution in [0.1, 0.15) is 30.7 Å². The molecule has 1 aromatic carbocycles. The number of hydrogen-bond acceptors (Lipinski definition) is 3. The number of nitrogens with one attached hydrogen (secondary N) is 1. The number of fused-ring (bicyclic) bond motifs is 3. The highest BCUT2D eigenvalue weighted by molar-refractivity contribution is 5.39. The number of rotatable bonds is 3. The van der Waals surface area contributed by atoms with E-state index in [1.54, 1.807) is 0 Å². The van der Waals surface area contributed by atoms with Crippen molar-refractivity contribution in [1.29, 1.82) is 0 Å². The van der Waals surface area contributed by atoms with Crippen LogP contribution in [0.25, 0.3) is 0 Å². The molecule has 2 bridgehead atoms. The Morgan fingerprint density at radius 3 is 3.00 bits per heavy atom. The van der Waals surface area contributed by atoms with Crippen LogP contribution < -0.4 is 10.1 Å². The lowest BCUT2D eigenvalue weighted by atomic mass is 9.94. The molecule has 3 aliphatic rings. The molecule has 1 N–H and O–H groups in total. The van der Waals surface area contributed by atoms with E-state index in [9.17, 15) is 0 Å². The summed E-state index contributed by atoms with van der Waals surface area (Å²) < 4.78 is 11.6. The highest BCUT2D eigenvalue weighted by Gasteiger charge is 2.40. The summed E-state index contributed by atoms with van der Waals surface area (Å²) in [6.07, 6.45) is 4.69. The van der Waals surface area contributed by atoms with Gasteiger partial charge in [0.25, 0.3) is 0 Å². The molecule has 2 fully saturated rings. The van der Waals surface area contributed by atoms with E-state index < -0.39 is 0 Å². The van der Waals surface area contributed by atoms with Crippen molar-refractivity contribution in [2.75, 3.05) is 13.2 Å². The fraction of sp³-hybridized carbons (Fsp3) is 0.600. The van der Waals surface area contributed by atoms with Gasteiger partial charge in [0, 0.05) is 24.1 Å². The van der Waals surface area contributed by atoms with E-state index in [0.717, 1.165) is 18.9 Å². The van der Waals surface area contributed by atoms with Gasteiger partial charge in [-0.15, -0.1) is 0 Å². The van der Waals surface area contributed by atoms with Crippen molar-refractivity contribution in [2.24, 2.45) is 0 Å². The van der Waals surface area contributed by atoms with Crippen LogP contribution in [0.3, 0.4) is 0 Å². The minimum Gasteiger partial charge on any atom is -0.493 e. The van der Waals surface area contributed by atoms with Gasteiger partial charge in [0.15, 0.2) is 0 Å². The number of ether oxygens (including phenoxy) is 2. The summed E-state index contributed by atoms with van der Waals surface area (Å²) >= 11 is 0. The van der Waals surface area contributed by atoms with Crippen LogP contribution >= 0.6 is 0 Å². The second-order valence-electron chi connectivity index (χ2n) is 5.67. The predicted molar refractivity (Wildman–Crippen MR) is 69.0 cm³/mol. The molecule has 4 rings (SSSR count). The first-order valence-corrected chi connectivity index (χ1v) is 7.01. The molecule has 2 saturated heterocycles. The third-order valence-electron chi connectivity index (χ3n) is 4.53. The molecule has 0 radical (unpaired) electrons. The molecule has 0 saturated carbocycles. The topological polar surface area (TPSA) is 30.5 Å². The van der Waals surface area contributed by atoms with Crippen LogP contribution in [0.4, 0.5) is 0 Å². The fourth-order valence-electron chi connectivity index (χ4n) is 3.54. The van der Waals surface area contributed by atoms with Crippen LogP contribution in [0.15, 0.2) is 24.3 Å². The summed E-state index contributed by atoms with van der Waals surface area (Å²) in [5.41, 5.74) is 1.36. The van der Waals surface area contributed by atoms with Crippen LogP contribution in [-0.2, 0) is 4.74 Å². The molecule has 96 valence electrons. The Kier molecular flexibility index (Phi) is 2.55. The van der Waals surface area contributed by atoms with Gasteiger partial charge in [0.1, 0.15) is 5.75 Å². The maximum atomic E-state index is 5.88. The maximum absolute atomic E-state index is 5.88. The summed E-state index contributed by atoms with van der Waals surface area (Å²) in [5.74, 6) is 1.56. The van der Waals surface area contributed by atoms with Crippen LogP contribution in [0.5, 0.6) is 5.75 Å². The summed E-state index contributed by atoms with van der Waals surface area (Å²) in [7, 11) is 0. The molecule has 3 aliphatic heterocycles. The molecule has 3 heteroatoms. The SMILES string of the molecule is c1ccc2c(c1)OCC2CNC1CC2CCC1O2. The second-order valence-corrected chi connectivity index (χ2v) is 5.67. The Bertz CT molecular complexity index is 448. The Balaban J connectivity index is 1.39. The van der Waals surface area contributed by atoms with E-state index in [-0.39, 0.29) is 0 Å². The van der Waals surface area contributed by atoms with Crippen molar-refractivity contribution < 1.29 is 9.47 Å². The lowest BCUT2D eigenvalue weighted by molar-refractivity contribution is 0.0972. The highest BCUT2D eigenvalue weighted by Crippen LogP contribution is 2.36. The first-order valence-electron chi connectivity index (χ1n) is 7.01. The zero-order valence-corrected chi connectivity index (χ0v) is 10.5. The zero-order valence-electron chi connectivity index (χ0n) is 10.5. The van der Waals surface area contributed by atoms with Crippen molar-refractivity contribution >= 4 is 0 Å². The van der Waals surface area contributed by atoms with Gasteiger partial charge in [-0.2, -0.15) is 0 Å². The van der Waals surface area contributed by atoms with E-state index in [2.05, 4.69) is 23.5 Å². The number of hydrogen-bond donors (Lipinski definition) is 1. The molecule has 0 amide bonds. The molecule has 4 unspecified atom stereocenters. The van der Waals surface area contributed by atoms with Crippen molar-refractivity contribution in [1.82, 2.24) is 5.32 Å². The largest absolute Gasteiger partial charge is 0.493 e. The van der Waals surface area contributed by atoms with Crippen molar-refractivity contribution in [3.63, 3.8) is 0 Å². The predicted octanol–water partition coefficient (Wildman–Crippen LogP) is 2.07. The van der Waals surface area contributed by atoms with Crippen LogP contribution in [0, 0.1) is 0 Å². The Hall–Kier alpha value is -1.06. The van der Waals surface area contributed by atoms with Crippen LogP contribution in [0.2, 0.25) is 0 Å². The molecule has 4 atom stereocenters. The lowest BCUT2D eigenvalue weighted by Gasteiger charge is -2.21. The zero-order chi connectivity index (χ0) is 11.9. The first kappa shape index (κ1) is 10.8. The molecule has 1 aromatic rings. The maximum Gasteiger partial charge on any atom is 0.122 e. The van der Waals surface area contributed by atoms with E-state index in [4.69, 9.17) is 9.47 Å². The Morgan fingerprint density at radius 1 is 1.22 bits per heavy atom. The van der Waals surface area contributed by atoms with E-state index in [1.807, 2.05) is 6.07 Å². The average molecular weight is 245 g/mol. The van der Waals surface area contributed by atoms with E-state index in [1.165, 1.54) is 24.8 Å². The third kappa shape index (κ3) is 1.73. The van der Waals surface area contributed by atoms with Gasteiger partial charge < -0.3 is 14.8 Å². The third-order valence-corrected chi connectivity index (χ3v) is 4.53. The number of para-hydroxylation sites is 1. The van der Waals surface area contributed by atoms with Crippen molar-refractivity contribution in [3.05, 3.63) is 29.8 Å². The van der Waals surface area contributed by atoms with Gasteiger partial charge >= 0.3 is 0 Å². The standard InChI is InChI=1S/C15H19NO2/c1-2-4-14-12(3-1)10(9-17-14)8-16-13-7-11-5-6-15(13)18-11/h1-4,10-11,13,15-16H,5-9H2. The first-order chi connectivity index (χ1) is 8.90. The molecule has 0 aromatic heterocycles. The second kappa shape index (κ2) is 4.25. The van der Waals surface area contributed by atoms with Gasteiger partial charge in [-0.05, 0) is 25.3 Å². The molecule has 18 heavy (non-hydrogen) atoms.